The lowest BCUT2D eigenvalue weighted by molar-refractivity contribution is -0.151. The zero-order valence-corrected chi connectivity index (χ0v) is 11.5. The molecular formula is C15H14FNO4. The van der Waals surface area contributed by atoms with Crippen molar-refractivity contribution in [1.29, 1.82) is 0 Å². The summed E-state index contributed by atoms with van der Waals surface area (Å²) in [5.74, 6) is -2.20. The van der Waals surface area contributed by atoms with Gasteiger partial charge in [0, 0.05) is 11.1 Å². The lowest BCUT2D eigenvalue weighted by Crippen LogP contribution is -2.35. The summed E-state index contributed by atoms with van der Waals surface area (Å²) in [5.41, 5.74) is 0.390. The Bertz CT molecular complexity index is 624. The minimum Gasteiger partial charge on any atom is -0.465 e. The number of nitrogens with zero attached hydrogens (tertiary/aromatic N) is 1. The molecule has 0 N–H and O–H groups in total. The van der Waals surface area contributed by atoms with E-state index < -0.39 is 30.1 Å². The molecule has 1 fully saturated rings. The third kappa shape index (κ3) is 3.34. The van der Waals surface area contributed by atoms with Gasteiger partial charge in [-0.3, -0.25) is 19.3 Å². The number of likely N-dealkylation sites (tertiary alicyclic amines) is 1. The average Bonchev–Trinajstić information content (AvgIpc) is 2.69. The summed E-state index contributed by atoms with van der Waals surface area (Å²) in [5, 5.41) is 0. The molecule has 1 aromatic rings. The predicted molar refractivity (Wildman–Crippen MR) is 72.3 cm³/mol. The molecule has 110 valence electrons. The molecule has 2 amide bonds. The molecule has 6 heteroatoms. The number of hydrogen-bond acceptors (Lipinski definition) is 4. The summed E-state index contributed by atoms with van der Waals surface area (Å²) < 4.78 is 18.3. The largest absolute Gasteiger partial charge is 0.465 e. The smallest absolute Gasteiger partial charge is 0.326 e. The Kier molecular flexibility index (Phi) is 4.47. The van der Waals surface area contributed by atoms with Gasteiger partial charge in [0.2, 0.25) is 5.91 Å². The zero-order valence-electron chi connectivity index (χ0n) is 11.5. The highest BCUT2D eigenvalue weighted by Crippen LogP contribution is 2.22. The summed E-state index contributed by atoms with van der Waals surface area (Å²) in [6, 6.07) is 5.94. The number of esters is 1. The van der Waals surface area contributed by atoms with Crippen molar-refractivity contribution in [3.05, 3.63) is 41.2 Å². The minimum atomic E-state index is -0.647. The fraction of sp³-hybridized carbons (Fsp3) is 0.267. The van der Waals surface area contributed by atoms with Crippen LogP contribution < -0.4 is 0 Å². The van der Waals surface area contributed by atoms with Gasteiger partial charge in [-0.2, -0.15) is 0 Å². The third-order valence-corrected chi connectivity index (χ3v) is 2.99. The summed E-state index contributed by atoms with van der Waals surface area (Å²) >= 11 is 0. The van der Waals surface area contributed by atoms with Crippen molar-refractivity contribution in [2.24, 2.45) is 0 Å². The van der Waals surface area contributed by atoms with Crippen LogP contribution in [0.1, 0.15) is 18.9 Å². The lowest BCUT2D eigenvalue weighted by Gasteiger charge is -2.11. The Balaban J connectivity index is 2.18. The molecule has 0 radical (unpaired) electrons. The van der Waals surface area contributed by atoms with Gasteiger partial charge in [0.25, 0.3) is 5.91 Å². The number of amides is 2. The van der Waals surface area contributed by atoms with Crippen molar-refractivity contribution >= 4 is 23.9 Å². The minimum absolute atomic E-state index is 0.146. The Labute approximate surface area is 121 Å². The fourth-order valence-corrected chi connectivity index (χ4v) is 2.01. The van der Waals surface area contributed by atoms with Crippen molar-refractivity contribution in [2.45, 2.75) is 13.3 Å². The fourth-order valence-electron chi connectivity index (χ4n) is 2.01. The summed E-state index contributed by atoms with van der Waals surface area (Å²) in [4.78, 5) is 36.0. The molecule has 2 rings (SSSR count). The molecule has 0 spiro atoms. The van der Waals surface area contributed by atoms with Crippen LogP contribution in [0.5, 0.6) is 0 Å². The van der Waals surface area contributed by atoms with Crippen molar-refractivity contribution in [3.8, 4) is 0 Å². The second kappa shape index (κ2) is 6.30. The molecule has 1 aliphatic heterocycles. The number of rotatable bonds is 4. The summed E-state index contributed by atoms with van der Waals surface area (Å²) in [7, 11) is 0. The van der Waals surface area contributed by atoms with E-state index in [-0.39, 0.29) is 24.2 Å². The number of halogens is 1. The highest BCUT2D eigenvalue weighted by Gasteiger charge is 2.35. The van der Waals surface area contributed by atoms with Gasteiger partial charge in [-0.15, -0.1) is 0 Å². The lowest BCUT2D eigenvalue weighted by atomic mass is 10.1. The molecule has 1 heterocycles. The summed E-state index contributed by atoms with van der Waals surface area (Å²) in [6.45, 7) is 1.39. The van der Waals surface area contributed by atoms with Crippen LogP contribution in [-0.2, 0) is 19.1 Å². The maximum atomic E-state index is 13.5. The molecule has 0 bridgehead atoms. The van der Waals surface area contributed by atoms with E-state index in [2.05, 4.69) is 0 Å². The van der Waals surface area contributed by atoms with E-state index in [1.54, 1.807) is 13.0 Å². The Hall–Kier alpha value is -2.50. The third-order valence-electron chi connectivity index (χ3n) is 2.99. The second-order valence-corrected chi connectivity index (χ2v) is 4.46. The number of hydrogen-bond donors (Lipinski definition) is 0. The standard InChI is InChI=1S/C15H14FNO4/c1-2-21-14(19)9-17-13(18)8-11(15(17)20)7-10-5-3-4-6-12(10)16/h3-7H,2,8-9H2,1H3/b11-7+. The number of carbonyl (C=O) groups excluding carboxylic acids is 3. The molecule has 1 saturated heterocycles. The first-order chi connectivity index (χ1) is 10.0. The van der Waals surface area contributed by atoms with Crippen LogP contribution in [0.2, 0.25) is 0 Å². The van der Waals surface area contributed by atoms with E-state index in [0.717, 1.165) is 4.90 Å². The molecule has 5 nitrogen and oxygen atoms in total. The number of carbonyl (C=O) groups is 3. The molecular weight excluding hydrogens is 277 g/mol. The van der Waals surface area contributed by atoms with Crippen LogP contribution in [0.4, 0.5) is 4.39 Å². The van der Waals surface area contributed by atoms with Gasteiger partial charge in [0.05, 0.1) is 13.0 Å². The van der Waals surface area contributed by atoms with E-state index in [0.29, 0.717) is 0 Å². The predicted octanol–water partition coefficient (Wildman–Crippen LogP) is 1.53. The van der Waals surface area contributed by atoms with Crippen LogP contribution in [0.3, 0.4) is 0 Å². The average molecular weight is 291 g/mol. The van der Waals surface area contributed by atoms with Gasteiger partial charge in [0.1, 0.15) is 12.4 Å². The molecule has 1 aliphatic rings. The first-order valence-corrected chi connectivity index (χ1v) is 6.48. The molecule has 0 aromatic heterocycles. The van der Waals surface area contributed by atoms with E-state index in [4.69, 9.17) is 4.74 Å². The van der Waals surface area contributed by atoms with Gasteiger partial charge in [-0.05, 0) is 19.1 Å². The van der Waals surface area contributed by atoms with Crippen molar-refractivity contribution in [3.63, 3.8) is 0 Å². The van der Waals surface area contributed by atoms with Crippen LogP contribution >= 0.6 is 0 Å². The maximum absolute atomic E-state index is 13.5. The zero-order chi connectivity index (χ0) is 15.4. The van der Waals surface area contributed by atoms with Crippen molar-refractivity contribution in [1.82, 2.24) is 4.90 Å². The van der Waals surface area contributed by atoms with E-state index in [1.165, 1.54) is 24.3 Å². The maximum Gasteiger partial charge on any atom is 0.326 e. The Morgan fingerprint density at radius 3 is 2.76 bits per heavy atom. The molecule has 0 aliphatic carbocycles. The van der Waals surface area contributed by atoms with Crippen LogP contribution in [0.15, 0.2) is 29.8 Å². The molecule has 0 unspecified atom stereocenters. The van der Waals surface area contributed by atoms with Crippen LogP contribution in [-0.4, -0.2) is 35.8 Å². The highest BCUT2D eigenvalue weighted by molar-refractivity contribution is 6.16. The second-order valence-electron chi connectivity index (χ2n) is 4.46. The van der Waals surface area contributed by atoms with Gasteiger partial charge in [0.15, 0.2) is 0 Å². The first kappa shape index (κ1) is 14.9. The Morgan fingerprint density at radius 1 is 1.38 bits per heavy atom. The van der Waals surface area contributed by atoms with Gasteiger partial charge in [-0.25, -0.2) is 4.39 Å². The van der Waals surface area contributed by atoms with Gasteiger partial charge < -0.3 is 4.74 Å². The van der Waals surface area contributed by atoms with Crippen molar-refractivity contribution < 1.29 is 23.5 Å². The molecule has 21 heavy (non-hydrogen) atoms. The number of benzene rings is 1. The molecule has 0 saturated carbocycles. The monoisotopic (exact) mass is 291 g/mol. The number of ether oxygens (including phenoxy) is 1. The van der Waals surface area contributed by atoms with E-state index in [9.17, 15) is 18.8 Å². The van der Waals surface area contributed by atoms with E-state index >= 15 is 0 Å². The van der Waals surface area contributed by atoms with Crippen LogP contribution in [0.25, 0.3) is 6.08 Å². The summed E-state index contributed by atoms with van der Waals surface area (Å²) in [6.07, 6.45) is 1.19. The quantitative estimate of drug-likeness (QED) is 0.479. The normalized spacial score (nSPS) is 16.7. The number of imide groups is 1. The first-order valence-electron chi connectivity index (χ1n) is 6.48. The van der Waals surface area contributed by atoms with Crippen LogP contribution in [0, 0.1) is 5.82 Å². The molecule has 0 atom stereocenters. The van der Waals surface area contributed by atoms with Gasteiger partial charge in [-0.1, -0.05) is 18.2 Å². The molecule has 1 aromatic carbocycles. The Morgan fingerprint density at radius 2 is 2.10 bits per heavy atom. The van der Waals surface area contributed by atoms with E-state index in [1.807, 2.05) is 0 Å². The SMILES string of the molecule is CCOC(=O)CN1C(=O)C/C(=C\c2ccccc2F)C1=O. The van der Waals surface area contributed by atoms with Crippen molar-refractivity contribution in [2.75, 3.05) is 13.2 Å². The topological polar surface area (TPSA) is 63.7 Å². The van der Waals surface area contributed by atoms with Gasteiger partial charge >= 0.3 is 5.97 Å². The highest BCUT2D eigenvalue weighted by atomic mass is 19.1.